The van der Waals surface area contributed by atoms with Gasteiger partial charge in [-0.3, -0.25) is 9.78 Å². The number of nitrogens with zero attached hydrogens (tertiary/aromatic N) is 1. The number of carbonyl (C=O) groups is 1. The standard InChI is InChI=1S/C16H17FN2O2/c1-10-6-14(4-5-21-10)19-16(20)12-7-11-8-13(17)2-3-15(11)18-9-12/h2-3,7-10,14H,4-6H2,1H3,(H,19,20). The molecule has 0 saturated carbocycles. The van der Waals surface area contributed by atoms with Crippen LogP contribution in [0.15, 0.2) is 30.5 Å². The van der Waals surface area contributed by atoms with Gasteiger partial charge >= 0.3 is 0 Å². The van der Waals surface area contributed by atoms with Crippen molar-refractivity contribution in [3.05, 3.63) is 41.8 Å². The topological polar surface area (TPSA) is 51.2 Å². The summed E-state index contributed by atoms with van der Waals surface area (Å²) in [5.74, 6) is -0.507. The average molecular weight is 288 g/mol. The fourth-order valence-corrected chi connectivity index (χ4v) is 2.62. The van der Waals surface area contributed by atoms with E-state index in [0.29, 0.717) is 23.1 Å². The van der Waals surface area contributed by atoms with E-state index < -0.39 is 0 Å². The molecule has 2 unspecified atom stereocenters. The lowest BCUT2D eigenvalue weighted by Gasteiger charge is -2.27. The SMILES string of the molecule is CC1CC(NC(=O)c2cnc3ccc(F)cc3c2)CCO1. The molecule has 1 aliphatic heterocycles. The fraction of sp³-hybridized carbons (Fsp3) is 0.375. The molecule has 2 atom stereocenters. The maximum Gasteiger partial charge on any atom is 0.253 e. The molecule has 0 bridgehead atoms. The van der Waals surface area contributed by atoms with Crippen LogP contribution in [0.25, 0.3) is 10.9 Å². The van der Waals surface area contributed by atoms with E-state index >= 15 is 0 Å². The van der Waals surface area contributed by atoms with Gasteiger partial charge in [-0.15, -0.1) is 0 Å². The Labute approximate surface area is 122 Å². The summed E-state index contributed by atoms with van der Waals surface area (Å²) in [6.45, 7) is 2.66. The van der Waals surface area contributed by atoms with Gasteiger partial charge < -0.3 is 10.1 Å². The molecule has 5 heteroatoms. The highest BCUT2D eigenvalue weighted by Gasteiger charge is 2.21. The van der Waals surface area contributed by atoms with Crippen LogP contribution in [0.4, 0.5) is 4.39 Å². The summed E-state index contributed by atoms with van der Waals surface area (Å²) < 4.78 is 18.7. The number of ether oxygens (including phenoxy) is 1. The lowest BCUT2D eigenvalue weighted by molar-refractivity contribution is 0.0136. The Morgan fingerprint density at radius 1 is 1.43 bits per heavy atom. The zero-order chi connectivity index (χ0) is 14.8. The minimum atomic E-state index is -0.333. The molecule has 2 heterocycles. The van der Waals surface area contributed by atoms with Crippen molar-refractivity contribution < 1.29 is 13.9 Å². The molecule has 0 aliphatic carbocycles. The predicted molar refractivity (Wildman–Crippen MR) is 77.6 cm³/mol. The molecule has 1 aromatic heterocycles. The number of pyridine rings is 1. The first-order chi connectivity index (χ1) is 10.1. The number of carbonyl (C=O) groups excluding carboxylic acids is 1. The Bertz CT molecular complexity index is 674. The van der Waals surface area contributed by atoms with Crippen LogP contribution < -0.4 is 5.32 Å². The molecule has 1 saturated heterocycles. The van der Waals surface area contributed by atoms with Crippen LogP contribution in [0.1, 0.15) is 30.1 Å². The summed E-state index contributed by atoms with van der Waals surface area (Å²) in [6.07, 6.45) is 3.30. The van der Waals surface area contributed by atoms with Gasteiger partial charge in [-0.05, 0) is 44.0 Å². The molecule has 1 N–H and O–H groups in total. The third kappa shape index (κ3) is 3.19. The highest BCUT2D eigenvalue weighted by atomic mass is 19.1. The van der Waals surface area contributed by atoms with E-state index in [1.165, 1.54) is 18.3 Å². The van der Waals surface area contributed by atoms with Gasteiger partial charge in [0, 0.05) is 24.2 Å². The van der Waals surface area contributed by atoms with Crippen molar-refractivity contribution in [1.82, 2.24) is 10.3 Å². The van der Waals surface area contributed by atoms with Crippen molar-refractivity contribution in [2.45, 2.75) is 31.9 Å². The molecular formula is C16H17FN2O2. The van der Waals surface area contributed by atoms with Crippen molar-refractivity contribution in [2.24, 2.45) is 0 Å². The summed E-state index contributed by atoms with van der Waals surface area (Å²) in [4.78, 5) is 16.5. The van der Waals surface area contributed by atoms with Gasteiger partial charge in [0.15, 0.2) is 0 Å². The first-order valence-electron chi connectivity index (χ1n) is 7.09. The minimum Gasteiger partial charge on any atom is -0.378 e. The molecule has 1 amide bonds. The highest BCUT2D eigenvalue weighted by Crippen LogP contribution is 2.17. The zero-order valence-electron chi connectivity index (χ0n) is 11.8. The minimum absolute atomic E-state index is 0.115. The van der Waals surface area contributed by atoms with E-state index in [1.54, 1.807) is 12.1 Å². The Balaban J connectivity index is 1.77. The van der Waals surface area contributed by atoms with Crippen molar-refractivity contribution in [2.75, 3.05) is 6.61 Å². The van der Waals surface area contributed by atoms with Crippen LogP contribution in [-0.2, 0) is 4.74 Å². The van der Waals surface area contributed by atoms with Gasteiger partial charge in [0.1, 0.15) is 5.82 Å². The normalized spacial score (nSPS) is 22.2. The summed E-state index contributed by atoms with van der Waals surface area (Å²) in [6, 6.07) is 6.13. The molecule has 21 heavy (non-hydrogen) atoms. The number of hydrogen-bond acceptors (Lipinski definition) is 3. The summed E-state index contributed by atoms with van der Waals surface area (Å²) in [5, 5.41) is 3.62. The fourth-order valence-electron chi connectivity index (χ4n) is 2.62. The quantitative estimate of drug-likeness (QED) is 0.924. The lowest BCUT2D eigenvalue weighted by Crippen LogP contribution is -2.41. The van der Waals surface area contributed by atoms with Crippen molar-refractivity contribution in [3.63, 3.8) is 0 Å². The van der Waals surface area contributed by atoms with Crippen LogP contribution in [0, 0.1) is 5.82 Å². The second kappa shape index (κ2) is 5.77. The number of fused-ring (bicyclic) bond motifs is 1. The van der Waals surface area contributed by atoms with E-state index in [4.69, 9.17) is 4.74 Å². The van der Waals surface area contributed by atoms with Crippen LogP contribution >= 0.6 is 0 Å². The summed E-state index contributed by atoms with van der Waals surface area (Å²) >= 11 is 0. The molecule has 3 rings (SSSR count). The van der Waals surface area contributed by atoms with Crippen LogP contribution in [0.3, 0.4) is 0 Å². The number of aromatic nitrogens is 1. The number of nitrogens with one attached hydrogen (secondary N) is 1. The average Bonchev–Trinajstić information content (AvgIpc) is 2.46. The maximum atomic E-state index is 13.2. The molecule has 2 aromatic rings. The third-order valence-corrected chi connectivity index (χ3v) is 3.73. The third-order valence-electron chi connectivity index (χ3n) is 3.73. The van der Waals surface area contributed by atoms with E-state index in [1.807, 2.05) is 6.92 Å². The molecule has 110 valence electrons. The molecule has 1 fully saturated rings. The van der Waals surface area contributed by atoms with Crippen molar-refractivity contribution >= 4 is 16.8 Å². The first-order valence-corrected chi connectivity index (χ1v) is 7.09. The summed E-state index contributed by atoms with van der Waals surface area (Å²) in [7, 11) is 0. The molecular weight excluding hydrogens is 271 g/mol. The predicted octanol–water partition coefficient (Wildman–Crippen LogP) is 2.67. The van der Waals surface area contributed by atoms with Gasteiger partial charge in [-0.25, -0.2) is 4.39 Å². The Kier molecular flexibility index (Phi) is 3.84. The number of amides is 1. The molecule has 4 nitrogen and oxygen atoms in total. The highest BCUT2D eigenvalue weighted by molar-refractivity contribution is 5.97. The van der Waals surface area contributed by atoms with E-state index in [0.717, 1.165) is 12.8 Å². The van der Waals surface area contributed by atoms with E-state index in [9.17, 15) is 9.18 Å². The first kappa shape index (κ1) is 13.9. The smallest absolute Gasteiger partial charge is 0.253 e. The Hall–Kier alpha value is -2.01. The monoisotopic (exact) mass is 288 g/mol. The molecule has 1 aromatic carbocycles. The molecule has 0 spiro atoms. The van der Waals surface area contributed by atoms with Crippen LogP contribution in [-0.4, -0.2) is 29.6 Å². The Morgan fingerprint density at radius 3 is 3.10 bits per heavy atom. The van der Waals surface area contributed by atoms with Gasteiger partial charge in [0.25, 0.3) is 5.91 Å². The van der Waals surface area contributed by atoms with Crippen molar-refractivity contribution in [3.8, 4) is 0 Å². The van der Waals surface area contributed by atoms with Crippen LogP contribution in [0.5, 0.6) is 0 Å². The lowest BCUT2D eigenvalue weighted by atomic mass is 10.0. The second-order valence-electron chi connectivity index (χ2n) is 5.44. The maximum absolute atomic E-state index is 13.2. The van der Waals surface area contributed by atoms with Gasteiger partial charge in [-0.2, -0.15) is 0 Å². The van der Waals surface area contributed by atoms with Gasteiger partial charge in [0.05, 0.1) is 17.2 Å². The summed E-state index contributed by atoms with van der Waals surface area (Å²) in [5.41, 5.74) is 1.12. The van der Waals surface area contributed by atoms with E-state index in [2.05, 4.69) is 10.3 Å². The van der Waals surface area contributed by atoms with Crippen LogP contribution in [0.2, 0.25) is 0 Å². The number of benzene rings is 1. The largest absolute Gasteiger partial charge is 0.378 e. The van der Waals surface area contributed by atoms with E-state index in [-0.39, 0.29) is 23.9 Å². The second-order valence-corrected chi connectivity index (χ2v) is 5.44. The molecule has 1 aliphatic rings. The zero-order valence-corrected chi connectivity index (χ0v) is 11.8. The number of hydrogen-bond donors (Lipinski definition) is 1. The Morgan fingerprint density at radius 2 is 2.29 bits per heavy atom. The van der Waals surface area contributed by atoms with Gasteiger partial charge in [-0.1, -0.05) is 0 Å². The van der Waals surface area contributed by atoms with Gasteiger partial charge in [0.2, 0.25) is 0 Å². The number of halogens is 1. The molecule has 0 radical (unpaired) electrons. The van der Waals surface area contributed by atoms with Crippen molar-refractivity contribution in [1.29, 1.82) is 0 Å². The number of rotatable bonds is 2.